The molecule has 0 aliphatic heterocycles. The standard InChI is InChI=1S/C17H26N2/c1-7-11-12-15(9-3)17(18-6)19-16(10-4)13-14(5)8-2/h7-9,11-14H,2-3,10H2,1,4-6H3,(H,18,19)/b11-7-,15-12+,16-13+. The second kappa shape index (κ2) is 10.1. The third-order valence-electron chi connectivity index (χ3n) is 2.68. The lowest BCUT2D eigenvalue weighted by molar-refractivity contribution is 0.874. The molecule has 0 amide bonds. The fraction of sp³-hybridized carbons (Fsp3) is 0.353. The molecule has 0 aliphatic rings. The molecule has 0 saturated carbocycles. The average molecular weight is 258 g/mol. The Bertz CT molecular complexity index is 409. The molecule has 0 heterocycles. The zero-order chi connectivity index (χ0) is 14.7. The van der Waals surface area contributed by atoms with Crippen molar-refractivity contribution in [1.82, 2.24) is 5.32 Å². The van der Waals surface area contributed by atoms with Crippen molar-refractivity contribution >= 4 is 5.84 Å². The lowest BCUT2D eigenvalue weighted by Gasteiger charge is -2.13. The van der Waals surface area contributed by atoms with Crippen LogP contribution in [0.25, 0.3) is 0 Å². The second-order valence-corrected chi connectivity index (χ2v) is 4.19. The number of nitrogens with one attached hydrogen (secondary N) is 1. The zero-order valence-electron chi connectivity index (χ0n) is 12.6. The van der Waals surface area contributed by atoms with Crippen LogP contribution in [-0.4, -0.2) is 12.9 Å². The molecule has 0 bridgehead atoms. The molecule has 104 valence electrons. The Hall–Kier alpha value is -1.83. The van der Waals surface area contributed by atoms with Crippen LogP contribution in [0, 0.1) is 5.92 Å². The molecule has 2 nitrogen and oxygen atoms in total. The third-order valence-corrected chi connectivity index (χ3v) is 2.68. The van der Waals surface area contributed by atoms with Crippen LogP contribution in [0.5, 0.6) is 0 Å². The van der Waals surface area contributed by atoms with E-state index in [0.717, 1.165) is 23.5 Å². The number of rotatable bonds is 7. The van der Waals surface area contributed by atoms with E-state index in [-0.39, 0.29) is 0 Å². The fourth-order valence-electron chi connectivity index (χ4n) is 1.49. The van der Waals surface area contributed by atoms with E-state index in [1.165, 1.54) is 0 Å². The highest BCUT2D eigenvalue weighted by Crippen LogP contribution is 2.08. The van der Waals surface area contributed by atoms with Gasteiger partial charge in [0.15, 0.2) is 0 Å². The summed E-state index contributed by atoms with van der Waals surface area (Å²) in [4.78, 5) is 4.30. The molecular weight excluding hydrogens is 232 g/mol. The van der Waals surface area contributed by atoms with Crippen LogP contribution in [0.2, 0.25) is 0 Å². The van der Waals surface area contributed by atoms with Crippen LogP contribution in [-0.2, 0) is 0 Å². The van der Waals surface area contributed by atoms with Crippen LogP contribution in [0.15, 0.2) is 65.9 Å². The Kier molecular flexibility index (Phi) is 9.15. The minimum Gasteiger partial charge on any atom is -0.344 e. The Morgan fingerprint density at radius 3 is 2.47 bits per heavy atom. The average Bonchev–Trinajstić information content (AvgIpc) is 2.44. The first-order valence-corrected chi connectivity index (χ1v) is 6.65. The van der Waals surface area contributed by atoms with E-state index in [1.54, 1.807) is 13.1 Å². The molecule has 0 aromatic heterocycles. The molecule has 0 aromatic carbocycles. The van der Waals surface area contributed by atoms with E-state index in [2.05, 4.69) is 43.4 Å². The summed E-state index contributed by atoms with van der Waals surface area (Å²) in [5.41, 5.74) is 2.12. The van der Waals surface area contributed by atoms with E-state index < -0.39 is 0 Å². The smallest absolute Gasteiger partial charge is 0.132 e. The Morgan fingerprint density at radius 1 is 1.37 bits per heavy atom. The number of hydrogen-bond acceptors (Lipinski definition) is 1. The molecule has 1 atom stereocenters. The lowest BCUT2D eigenvalue weighted by Crippen LogP contribution is -2.24. The number of allylic oxidation sites excluding steroid dienone is 6. The highest BCUT2D eigenvalue weighted by atomic mass is 15.0. The third kappa shape index (κ3) is 6.61. The maximum atomic E-state index is 4.30. The van der Waals surface area contributed by atoms with Crippen molar-refractivity contribution in [3.63, 3.8) is 0 Å². The van der Waals surface area contributed by atoms with Crippen molar-refractivity contribution in [2.75, 3.05) is 7.05 Å². The molecule has 2 heteroatoms. The molecule has 0 fully saturated rings. The molecule has 1 unspecified atom stereocenters. The summed E-state index contributed by atoms with van der Waals surface area (Å²) in [5, 5.41) is 3.37. The quantitative estimate of drug-likeness (QED) is 0.311. The molecule has 19 heavy (non-hydrogen) atoms. The molecule has 0 radical (unpaired) electrons. The molecule has 1 N–H and O–H groups in total. The topological polar surface area (TPSA) is 24.4 Å². The summed E-state index contributed by atoms with van der Waals surface area (Å²) >= 11 is 0. The van der Waals surface area contributed by atoms with Crippen LogP contribution in [0.3, 0.4) is 0 Å². The van der Waals surface area contributed by atoms with E-state index in [9.17, 15) is 0 Å². The van der Waals surface area contributed by atoms with Gasteiger partial charge in [-0.05, 0) is 19.3 Å². The normalized spacial score (nSPS) is 15.5. The lowest BCUT2D eigenvalue weighted by atomic mass is 10.1. The van der Waals surface area contributed by atoms with Gasteiger partial charge in [-0.3, -0.25) is 4.99 Å². The van der Waals surface area contributed by atoms with Gasteiger partial charge in [-0.2, -0.15) is 0 Å². The summed E-state index contributed by atoms with van der Waals surface area (Å²) in [5.74, 6) is 1.17. The Labute approximate surface area is 118 Å². The van der Waals surface area contributed by atoms with E-state index in [4.69, 9.17) is 0 Å². The van der Waals surface area contributed by atoms with Gasteiger partial charge in [0, 0.05) is 18.3 Å². The van der Waals surface area contributed by atoms with Crippen molar-refractivity contribution in [3.8, 4) is 0 Å². The summed E-state index contributed by atoms with van der Waals surface area (Å²) in [7, 11) is 1.78. The second-order valence-electron chi connectivity index (χ2n) is 4.19. The predicted molar refractivity (Wildman–Crippen MR) is 87.3 cm³/mol. The minimum atomic E-state index is 0.340. The van der Waals surface area contributed by atoms with Gasteiger partial charge in [0.1, 0.15) is 5.84 Å². The summed E-state index contributed by atoms with van der Waals surface area (Å²) < 4.78 is 0. The molecule has 0 saturated heterocycles. The van der Waals surface area contributed by atoms with E-state index in [0.29, 0.717) is 5.92 Å². The maximum Gasteiger partial charge on any atom is 0.132 e. The van der Waals surface area contributed by atoms with Crippen LogP contribution < -0.4 is 5.32 Å². The molecular formula is C17H26N2. The highest BCUT2D eigenvalue weighted by Gasteiger charge is 2.04. The van der Waals surface area contributed by atoms with Crippen molar-refractivity contribution in [1.29, 1.82) is 0 Å². The predicted octanol–water partition coefficient (Wildman–Crippen LogP) is 4.41. The first kappa shape index (κ1) is 17.2. The monoisotopic (exact) mass is 258 g/mol. The molecule has 0 aliphatic carbocycles. The number of amidine groups is 1. The van der Waals surface area contributed by atoms with Crippen molar-refractivity contribution in [3.05, 3.63) is 60.9 Å². The first-order chi connectivity index (χ1) is 9.12. The van der Waals surface area contributed by atoms with Crippen molar-refractivity contribution < 1.29 is 0 Å². The van der Waals surface area contributed by atoms with Gasteiger partial charge >= 0.3 is 0 Å². The number of aliphatic imine (C=N–C) groups is 1. The zero-order valence-corrected chi connectivity index (χ0v) is 12.6. The molecule has 0 spiro atoms. The fourth-order valence-corrected chi connectivity index (χ4v) is 1.49. The maximum absolute atomic E-state index is 4.30. The van der Waals surface area contributed by atoms with Crippen molar-refractivity contribution in [2.45, 2.75) is 27.2 Å². The minimum absolute atomic E-state index is 0.340. The molecule has 0 aromatic rings. The van der Waals surface area contributed by atoms with E-state index in [1.807, 2.05) is 31.2 Å². The molecule has 0 rings (SSSR count). The Balaban J connectivity index is 5.13. The number of hydrogen-bond donors (Lipinski definition) is 1. The first-order valence-electron chi connectivity index (χ1n) is 6.65. The number of nitrogens with zero attached hydrogens (tertiary/aromatic N) is 1. The van der Waals surface area contributed by atoms with Gasteiger partial charge in [0.05, 0.1) is 0 Å². The highest BCUT2D eigenvalue weighted by molar-refractivity contribution is 6.01. The largest absolute Gasteiger partial charge is 0.344 e. The van der Waals surface area contributed by atoms with Crippen LogP contribution in [0.1, 0.15) is 27.2 Å². The van der Waals surface area contributed by atoms with Gasteiger partial charge < -0.3 is 5.32 Å². The summed E-state index contributed by atoms with van der Waals surface area (Å²) in [6, 6.07) is 0. The van der Waals surface area contributed by atoms with Gasteiger partial charge in [-0.1, -0.05) is 56.9 Å². The van der Waals surface area contributed by atoms with Crippen LogP contribution in [0.4, 0.5) is 0 Å². The van der Waals surface area contributed by atoms with Gasteiger partial charge in [-0.25, -0.2) is 0 Å². The van der Waals surface area contributed by atoms with Crippen LogP contribution >= 0.6 is 0 Å². The van der Waals surface area contributed by atoms with Gasteiger partial charge in [-0.15, -0.1) is 6.58 Å². The van der Waals surface area contributed by atoms with Gasteiger partial charge in [0.25, 0.3) is 0 Å². The summed E-state index contributed by atoms with van der Waals surface area (Å²) in [6.45, 7) is 13.8. The summed E-state index contributed by atoms with van der Waals surface area (Å²) in [6.07, 6.45) is 12.8. The Morgan fingerprint density at radius 2 is 2.05 bits per heavy atom. The van der Waals surface area contributed by atoms with Crippen molar-refractivity contribution in [2.24, 2.45) is 10.9 Å². The SMILES string of the molecule is C=C/C(=C\C=C/C)C(=NC)N/C(=C/C(C)C=C)CC. The van der Waals surface area contributed by atoms with Gasteiger partial charge in [0.2, 0.25) is 0 Å². The van der Waals surface area contributed by atoms with E-state index >= 15 is 0 Å².